The van der Waals surface area contributed by atoms with Crippen molar-refractivity contribution in [2.45, 2.75) is 44.6 Å². The smallest absolute Gasteiger partial charge is 0.227 e. The summed E-state index contributed by atoms with van der Waals surface area (Å²) in [6.45, 7) is 2.04. The predicted molar refractivity (Wildman–Crippen MR) is 85.5 cm³/mol. The molecule has 1 aromatic rings. The van der Waals surface area contributed by atoms with Crippen molar-refractivity contribution >= 4 is 23.1 Å². The molecule has 0 spiro atoms. The Balaban J connectivity index is 2.05. The summed E-state index contributed by atoms with van der Waals surface area (Å²) in [4.78, 5) is 13.0. The van der Waals surface area contributed by atoms with Crippen molar-refractivity contribution in [3.05, 3.63) is 35.9 Å². The molecule has 1 aliphatic rings. The number of benzene rings is 1. The van der Waals surface area contributed by atoms with Crippen LogP contribution in [0.25, 0.3) is 0 Å². The number of thiocarbonyl (C=S) groups is 1. The maximum atomic E-state index is 12.5. The second-order valence-electron chi connectivity index (χ2n) is 5.43. The Morgan fingerprint density at radius 1 is 1.40 bits per heavy atom. The van der Waals surface area contributed by atoms with Gasteiger partial charge in [0.05, 0.1) is 10.9 Å². The Labute approximate surface area is 125 Å². The zero-order valence-corrected chi connectivity index (χ0v) is 12.7. The van der Waals surface area contributed by atoms with Crippen LogP contribution < -0.4 is 11.1 Å². The van der Waals surface area contributed by atoms with Gasteiger partial charge in [0, 0.05) is 12.0 Å². The van der Waals surface area contributed by atoms with E-state index >= 15 is 0 Å². The summed E-state index contributed by atoms with van der Waals surface area (Å²) in [5.41, 5.74) is 6.83. The molecule has 3 unspecified atom stereocenters. The standard InChI is InChI=1S/C16H22N2OS/c1-2-12(11-7-4-3-5-8-11)16(19)18-14-10-6-9-13(14)15(17)20/h3-5,7-8,12-14H,2,6,9-10H2,1H3,(H2,17,20)(H,18,19). The molecule has 0 heterocycles. The van der Waals surface area contributed by atoms with Crippen LogP contribution in [0.3, 0.4) is 0 Å². The lowest BCUT2D eigenvalue weighted by molar-refractivity contribution is -0.123. The van der Waals surface area contributed by atoms with Crippen molar-refractivity contribution in [1.82, 2.24) is 5.32 Å². The molecule has 0 bridgehead atoms. The molecular formula is C16H22N2OS. The SMILES string of the molecule is CCC(C(=O)NC1CCCC1C(N)=S)c1ccccc1. The average molecular weight is 290 g/mol. The highest BCUT2D eigenvalue weighted by molar-refractivity contribution is 7.80. The number of hydrogen-bond donors (Lipinski definition) is 2. The summed E-state index contributed by atoms with van der Waals surface area (Å²) in [6.07, 6.45) is 3.83. The molecule has 1 aromatic carbocycles. The van der Waals surface area contributed by atoms with E-state index in [2.05, 4.69) is 5.32 Å². The predicted octanol–water partition coefficient (Wildman–Crippen LogP) is 2.75. The Hall–Kier alpha value is -1.42. The maximum absolute atomic E-state index is 12.5. The molecule has 3 N–H and O–H groups in total. The molecule has 20 heavy (non-hydrogen) atoms. The van der Waals surface area contributed by atoms with Crippen LogP contribution >= 0.6 is 12.2 Å². The van der Waals surface area contributed by atoms with Gasteiger partial charge in [-0.2, -0.15) is 0 Å². The molecule has 0 aromatic heterocycles. The van der Waals surface area contributed by atoms with E-state index in [0.717, 1.165) is 31.2 Å². The van der Waals surface area contributed by atoms with E-state index in [-0.39, 0.29) is 23.8 Å². The fourth-order valence-electron chi connectivity index (χ4n) is 3.01. The molecule has 3 atom stereocenters. The van der Waals surface area contributed by atoms with E-state index in [1.165, 1.54) is 0 Å². The van der Waals surface area contributed by atoms with Gasteiger partial charge in [-0.1, -0.05) is 55.9 Å². The first kappa shape index (κ1) is 15.0. The fourth-order valence-corrected chi connectivity index (χ4v) is 3.30. The van der Waals surface area contributed by atoms with Gasteiger partial charge >= 0.3 is 0 Å². The topological polar surface area (TPSA) is 55.1 Å². The molecule has 3 nitrogen and oxygen atoms in total. The summed E-state index contributed by atoms with van der Waals surface area (Å²) in [5.74, 6) is 0.151. The van der Waals surface area contributed by atoms with E-state index < -0.39 is 0 Å². The van der Waals surface area contributed by atoms with Gasteiger partial charge in [-0.15, -0.1) is 0 Å². The molecule has 0 radical (unpaired) electrons. The van der Waals surface area contributed by atoms with Gasteiger partial charge in [0.25, 0.3) is 0 Å². The Morgan fingerprint density at radius 2 is 2.10 bits per heavy atom. The number of nitrogens with two attached hydrogens (primary N) is 1. The Kier molecular flexibility index (Phi) is 5.12. The Bertz CT molecular complexity index is 475. The molecule has 108 valence electrons. The minimum atomic E-state index is -0.0937. The van der Waals surface area contributed by atoms with Gasteiger partial charge in [-0.25, -0.2) is 0 Å². The van der Waals surface area contributed by atoms with Crippen LogP contribution in [0.1, 0.15) is 44.1 Å². The lowest BCUT2D eigenvalue weighted by Crippen LogP contribution is -2.43. The first-order valence-corrected chi connectivity index (χ1v) is 7.69. The fraction of sp³-hybridized carbons (Fsp3) is 0.500. The van der Waals surface area contributed by atoms with Gasteiger partial charge < -0.3 is 11.1 Å². The first-order valence-electron chi connectivity index (χ1n) is 7.28. The summed E-state index contributed by atoms with van der Waals surface area (Å²) in [5, 5.41) is 3.15. The monoisotopic (exact) mass is 290 g/mol. The van der Waals surface area contributed by atoms with Crippen molar-refractivity contribution in [2.24, 2.45) is 11.7 Å². The van der Waals surface area contributed by atoms with Crippen molar-refractivity contribution in [1.29, 1.82) is 0 Å². The minimum absolute atomic E-state index is 0.0897. The van der Waals surface area contributed by atoms with E-state index in [1.807, 2.05) is 37.3 Å². The van der Waals surface area contributed by atoms with Crippen molar-refractivity contribution < 1.29 is 4.79 Å². The molecule has 1 amide bonds. The molecule has 2 rings (SSSR count). The number of rotatable bonds is 5. The lowest BCUT2D eigenvalue weighted by atomic mass is 9.94. The van der Waals surface area contributed by atoms with Gasteiger partial charge in [0.15, 0.2) is 0 Å². The van der Waals surface area contributed by atoms with Crippen molar-refractivity contribution in [3.63, 3.8) is 0 Å². The summed E-state index contributed by atoms with van der Waals surface area (Å²) < 4.78 is 0. The number of amides is 1. The van der Waals surface area contributed by atoms with Gasteiger partial charge in [0.1, 0.15) is 0 Å². The third kappa shape index (κ3) is 3.37. The van der Waals surface area contributed by atoms with Crippen LogP contribution in [0.4, 0.5) is 0 Å². The van der Waals surface area contributed by atoms with Crippen LogP contribution in [-0.4, -0.2) is 16.9 Å². The van der Waals surface area contributed by atoms with Crippen LogP contribution in [0.15, 0.2) is 30.3 Å². The number of carbonyl (C=O) groups excluding carboxylic acids is 1. The second kappa shape index (κ2) is 6.84. The highest BCUT2D eigenvalue weighted by Gasteiger charge is 2.32. The third-order valence-electron chi connectivity index (χ3n) is 4.14. The normalized spacial score (nSPS) is 23.2. The van der Waals surface area contributed by atoms with Crippen LogP contribution in [0, 0.1) is 5.92 Å². The van der Waals surface area contributed by atoms with E-state index in [1.54, 1.807) is 0 Å². The Morgan fingerprint density at radius 3 is 2.70 bits per heavy atom. The highest BCUT2D eigenvalue weighted by Crippen LogP contribution is 2.27. The van der Waals surface area contributed by atoms with E-state index in [4.69, 9.17) is 18.0 Å². The largest absolute Gasteiger partial charge is 0.393 e. The molecule has 4 heteroatoms. The first-order chi connectivity index (χ1) is 9.63. The average Bonchev–Trinajstić information content (AvgIpc) is 2.89. The van der Waals surface area contributed by atoms with Crippen LogP contribution in [-0.2, 0) is 4.79 Å². The zero-order valence-electron chi connectivity index (χ0n) is 11.8. The number of nitrogens with one attached hydrogen (secondary N) is 1. The second-order valence-corrected chi connectivity index (χ2v) is 5.90. The van der Waals surface area contributed by atoms with Gasteiger partial charge in [-0.3, -0.25) is 4.79 Å². The molecule has 1 aliphatic carbocycles. The van der Waals surface area contributed by atoms with Crippen LogP contribution in [0.2, 0.25) is 0 Å². The molecular weight excluding hydrogens is 268 g/mol. The summed E-state index contributed by atoms with van der Waals surface area (Å²) in [6, 6.07) is 10.0. The lowest BCUT2D eigenvalue weighted by Gasteiger charge is -2.23. The zero-order chi connectivity index (χ0) is 14.5. The quantitative estimate of drug-likeness (QED) is 0.820. The van der Waals surface area contributed by atoms with Crippen LogP contribution in [0.5, 0.6) is 0 Å². The van der Waals surface area contributed by atoms with Crippen molar-refractivity contribution in [3.8, 4) is 0 Å². The molecule has 0 aliphatic heterocycles. The van der Waals surface area contributed by atoms with Crippen molar-refractivity contribution in [2.75, 3.05) is 0 Å². The number of carbonyl (C=O) groups is 1. The number of hydrogen-bond acceptors (Lipinski definition) is 2. The summed E-state index contributed by atoms with van der Waals surface area (Å²) >= 11 is 5.10. The third-order valence-corrected chi connectivity index (χ3v) is 4.44. The van der Waals surface area contributed by atoms with E-state index in [0.29, 0.717) is 4.99 Å². The summed E-state index contributed by atoms with van der Waals surface area (Å²) in [7, 11) is 0. The molecule has 0 saturated heterocycles. The molecule has 1 saturated carbocycles. The van der Waals surface area contributed by atoms with E-state index in [9.17, 15) is 4.79 Å². The minimum Gasteiger partial charge on any atom is -0.393 e. The molecule has 1 fully saturated rings. The van der Waals surface area contributed by atoms with Gasteiger partial charge in [-0.05, 0) is 24.8 Å². The highest BCUT2D eigenvalue weighted by atomic mass is 32.1. The maximum Gasteiger partial charge on any atom is 0.227 e. The van der Waals surface area contributed by atoms with Gasteiger partial charge in [0.2, 0.25) is 5.91 Å².